The lowest BCUT2D eigenvalue weighted by Gasteiger charge is -2.11. The molecule has 0 bridgehead atoms. The summed E-state index contributed by atoms with van der Waals surface area (Å²) in [6.45, 7) is 0. The summed E-state index contributed by atoms with van der Waals surface area (Å²) in [6.07, 6.45) is 0. The number of ether oxygens (including phenoxy) is 1. The number of nitrogen functional groups attached to an aromatic ring is 1. The fourth-order valence-electron chi connectivity index (χ4n) is 1.69. The van der Waals surface area contributed by atoms with Crippen molar-refractivity contribution in [3.05, 3.63) is 52.0 Å². The van der Waals surface area contributed by atoms with Crippen molar-refractivity contribution in [2.75, 3.05) is 18.2 Å². The smallest absolute Gasteiger partial charge is 0.261 e. The molecule has 2 aromatic rings. The molecule has 0 heterocycles. The fraction of sp³-hybridized carbons (Fsp3) is 0.0714. The SMILES string of the molecule is COc1ccc(Br)c(NC(=O)c2c(F)ccc(N)c2F)c1. The molecule has 0 aliphatic heterocycles. The summed E-state index contributed by atoms with van der Waals surface area (Å²) < 4.78 is 33.0. The minimum Gasteiger partial charge on any atom is -0.497 e. The Balaban J connectivity index is 2.37. The third kappa shape index (κ3) is 3.13. The van der Waals surface area contributed by atoms with Crippen LogP contribution in [0.1, 0.15) is 10.4 Å². The van der Waals surface area contributed by atoms with Gasteiger partial charge in [0.15, 0.2) is 5.82 Å². The van der Waals surface area contributed by atoms with Gasteiger partial charge in [0.25, 0.3) is 5.91 Å². The number of halogens is 3. The molecule has 2 rings (SSSR count). The minimum absolute atomic E-state index is 0.300. The number of hydrogen-bond donors (Lipinski definition) is 2. The largest absolute Gasteiger partial charge is 0.497 e. The normalized spacial score (nSPS) is 10.3. The summed E-state index contributed by atoms with van der Waals surface area (Å²) in [6, 6.07) is 6.82. The number of methoxy groups -OCH3 is 1. The van der Waals surface area contributed by atoms with Crippen LogP contribution in [0.3, 0.4) is 0 Å². The first-order chi connectivity index (χ1) is 9.93. The number of anilines is 2. The van der Waals surface area contributed by atoms with Gasteiger partial charge in [-0.15, -0.1) is 0 Å². The number of hydrogen-bond acceptors (Lipinski definition) is 3. The van der Waals surface area contributed by atoms with Crippen molar-refractivity contribution in [2.45, 2.75) is 0 Å². The van der Waals surface area contributed by atoms with E-state index in [4.69, 9.17) is 10.5 Å². The first-order valence-corrected chi connectivity index (χ1v) is 6.61. The Bertz CT molecular complexity index is 708. The third-order valence-electron chi connectivity index (χ3n) is 2.77. The lowest BCUT2D eigenvalue weighted by atomic mass is 10.1. The van der Waals surface area contributed by atoms with Crippen LogP contribution in [0.5, 0.6) is 5.75 Å². The Morgan fingerprint density at radius 2 is 2.00 bits per heavy atom. The highest BCUT2D eigenvalue weighted by molar-refractivity contribution is 9.10. The second kappa shape index (κ2) is 6.09. The average molecular weight is 357 g/mol. The molecule has 0 atom stereocenters. The van der Waals surface area contributed by atoms with E-state index in [-0.39, 0.29) is 5.69 Å². The van der Waals surface area contributed by atoms with Gasteiger partial charge in [0.1, 0.15) is 17.1 Å². The maximum atomic E-state index is 13.8. The molecule has 0 aliphatic carbocycles. The molecule has 1 amide bonds. The molecular formula is C14H11BrF2N2O2. The van der Waals surface area contributed by atoms with Gasteiger partial charge in [0.2, 0.25) is 0 Å². The molecule has 0 saturated heterocycles. The predicted molar refractivity (Wildman–Crippen MR) is 79.4 cm³/mol. The summed E-state index contributed by atoms with van der Waals surface area (Å²) in [7, 11) is 1.46. The number of rotatable bonds is 3. The molecule has 0 spiro atoms. The van der Waals surface area contributed by atoms with Crippen LogP contribution < -0.4 is 15.8 Å². The molecule has 3 N–H and O–H groups in total. The van der Waals surface area contributed by atoms with E-state index in [2.05, 4.69) is 21.2 Å². The molecule has 2 aromatic carbocycles. The summed E-state index contributed by atoms with van der Waals surface area (Å²) in [4.78, 5) is 12.1. The average Bonchev–Trinajstić information content (AvgIpc) is 2.46. The Hall–Kier alpha value is -2.15. The van der Waals surface area contributed by atoms with Crippen molar-refractivity contribution >= 4 is 33.2 Å². The highest BCUT2D eigenvalue weighted by Crippen LogP contribution is 2.28. The molecule has 0 fully saturated rings. The van der Waals surface area contributed by atoms with Crippen LogP contribution in [0.25, 0.3) is 0 Å². The highest BCUT2D eigenvalue weighted by atomic mass is 79.9. The molecule has 0 saturated carbocycles. The van der Waals surface area contributed by atoms with E-state index in [1.807, 2.05) is 0 Å². The van der Waals surface area contributed by atoms with E-state index in [9.17, 15) is 13.6 Å². The lowest BCUT2D eigenvalue weighted by Crippen LogP contribution is -2.17. The van der Waals surface area contributed by atoms with Gasteiger partial charge in [-0.3, -0.25) is 4.79 Å². The number of amides is 1. The molecule has 7 heteroatoms. The van der Waals surface area contributed by atoms with E-state index < -0.39 is 23.1 Å². The summed E-state index contributed by atoms with van der Waals surface area (Å²) in [5, 5.41) is 2.41. The van der Waals surface area contributed by atoms with Crippen LogP contribution in [0.2, 0.25) is 0 Å². The van der Waals surface area contributed by atoms with E-state index >= 15 is 0 Å². The summed E-state index contributed by atoms with van der Waals surface area (Å²) in [5.41, 5.74) is 4.63. The van der Waals surface area contributed by atoms with E-state index in [0.717, 1.165) is 12.1 Å². The second-order valence-electron chi connectivity index (χ2n) is 4.13. The lowest BCUT2D eigenvalue weighted by molar-refractivity contribution is 0.101. The number of benzene rings is 2. The Labute approximate surface area is 128 Å². The zero-order valence-corrected chi connectivity index (χ0v) is 12.5. The number of carbonyl (C=O) groups excluding carboxylic acids is 1. The Kier molecular flexibility index (Phi) is 4.42. The highest BCUT2D eigenvalue weighted by Gasteiger charge is 2.20. The quantitative estimate of drug-likeness (QED) is 0.826. The maximum Gasteiger partial charge on any atom is 0.261 e. The van der Waals surface area contributed by atoms with Gasteiger partial charge >= 0.3 is 0 Å². The van der Waals surface area contributed by atoms with Crippen molar-refractivity contribution in [3.8, 4) is 5.75 Å². The van der Waals surface area contributed by atoms with Crippen LogP contribution in [0, 0.1) is 11.6 Å². The first kappa shape index (κ1) is 15.2. The van der Waals surface area contributed by atoms with Gasteiger partial charge in [0, 0.05) is 10.5 Å². The molecule has 0 aromatic heterocycles. The zero-order chi connectivity index (χ0) is 15.6. The predicted octanol–water partition coefficient (Wildman–Crippen LogP) is 3.57. The molecule has 0 unspecified atom stereocenters. The van der Waals surface area contributed by atoms with Crippen molar-refractivity contribution < 1.29 is 18.3 Å². The van der Waals surface area contributed by atoms with E-state index in [1.54, 1.807) is 12.1 Å². The third-order valence-corrected chi connectivity index (χ3v) is 3.46. The van der Waals surface area contributed by atoms with Gasteiger partial charge < -0.3 is 15.8 Å². The van der Waals surface area contributed by atoms with Crippen LogP contribution in [-0.2, 0) is 0 Å². The molecule has 110 valence electrons. The molecule has 4 nitrogen and oxygen atoms in total. The summed E-state index contributed by atoms with van der Waals surface area (Å²) in [5.74, 6) is -2.53. The van der Waals surface area contributed by atoms with Crippen molar-refractivity contribution in [1.82, 2.24) is 0 Å². The maximum absolute atomic E-state index is 13.8. The van der Waals surface area contributed by atoms with Crippen molar-refractivity contribution in [1.29, 1.82) is 0 Å². The van der Waals surface area contributed by atoms with Gasteiger partial charge in [-0.25, -0.2) is 8.78 Å². The van der Waals surface area contributed by atoms with Crippen LogP contribution >= 0.6 is 15.9 Å². The van der Waals surface area contributed by atoms with Crippen LogP contribution in [0.4, 0.5) is 20.2 Å². The molecular weight excluding hydrogens is 346 g/mol. The number of nitrogens with two attached hydrogens (primary N) is 1. The van der Waals surface area contributed by atoms with Crippen molar-refractivity contribution in [3.63, 3.8) is 0 Å². The zero-order valence-electron chi connectivity index (χ0n) is 10.9. The van der Waals surface area contributed by atoms with E-state index in [1.165, 1.54) is 13.2 Å². The van der Waals surface area contributed by atoms with Crippen LogP contribution in [0.15, 0.2) is 34.8 Å². The summed E-state index contributed by atoms with van der Waals surface area (Å²) >= 11 is 3.23. The van der Waals surface area contributed by atoms with Gasteiger partial charge in [-0.2, -0.15) is 0 Å². The first-order valence-electron chi connectivity index (χ1n) is 5.82. The van der Waals surface area contributed by atoms with Gasteiger partial charge in [-0.1, -0.05) is 0 Å². The number of carbonyl (C=O) groups is 1. The minimum atomic E-state index is -1.09. The fourth-order valence-corrected chi connectivity index (χ4v) is 2.03. The van der Waals surface area contributed by atoms with Crippen molar-refractivity contribution in [2.24, 2.45) is 0 Å². The van der Waals surface area contributed by atoms with Gasteiger partial charge in [0.05, 0.1) is 18.5 Å². The monoisotopic (exact) mass is 356 g/mol. The van der Waals surface area contributed by atoms with Gasteiger partial charge in [-0.05, 0) is 40.2 Å². The second-order valence-corrected chi connectivity index (χ2v) is 4.98. The standard InChI is InChI=1S/C14H11BrF2N2O2/c1-21-7-2-3-8(15)11(6-7)19-14(20)12-9(16)4-5-10(18)13(12)17/h2-6H,18H2,1H3,(H,19,20). The Morgan fingerprint density at radius 3 is 2.67 bits per heavy atom. The molecule has 0 aliphatic rings. The molecule has 0 radical (unpaired) electrons. The Morgan fingerprint density at radius 1 is 1.29 bits per heavy atom. The molecule has 21 heavy (non-hydrogen) atoms. The van der Waals surface area contributed by atoms with E-state index in [0.29, 0.717) is 15.9 Å². The topological polar surface area (TPSA) is 64.3 Å². The number of nitrogens with one attached hydrogen (secondary N) is 1. The van der Waals surface area contributed by atoms with Crippen LogP contribution in [-0.4, -0.2) is 13.0 Å².